The van der Waals surface area contributed by atoms with Crippen LogP contribution in [0.2, 0.25) is 0 Å². The van der Waals surface area contributed by atoms with Crippen molar-refractivity contribution < 1.29 is 22.8 Å². The quantitative estimate of drug-likeness (QED) is 0.869. The fourth-order valence-electron chi connectivity index (χ4n) is 2.20. The number of benzene rings is 2. The van der Waals surface area contributed by atoms with Crippen molar-refractivity contribution in [2.45, 2.75) is 19.5 Å². The van der Waals surface area contributed by atoms with Gasteiger partial charge < -0.3 is 10.6 Å². The maximum atomic E-state index is 12.5. The van der Waals surface area contributed by atoms with Crippen molar-refractivity contribution in [1.29, 1.82) is 0 Å². The second-order valence-corrected chi connectivity index (χ2v) is 5.57. The van der Waals surface area contributed by atoms with Gasteiger partial charge in [0.2, 0.25) is 11.8 Å². The highest BCUT2D eigenvalue weighted by atomic mass is 19.4. The van der Waals surface area contributed by atoms with Gasteiger partial charge in [-0.05, 0) is 36.8 Å². The van der Waals surface area contributed by atoms with Crippen LogP contribution in [0.25, 0.3) is 0 Å². The molecule has 2 aromatic carbocycles. The van der Waals surface area contributed by atoms with Crippen LogP contribution in [0.3, 0.4) is 0 Å². The molecule has 25 heavy (non-hydrogen) atoms. The molecular weight excluding hydrogens is 333 g/mol. The highest BCUT2D eigenvalue weighted by molar-refractivity contribution is 5.94. The van der Waals surface area contributed by atoms with Crippen LogP contribution in [0.15, 0.2) is 48.5 Å². The van der Waals surface area contributed by atoms with Crippen molar-refractivity contribution in [3.8, 4) is 0 Å². The molecule has 0 bridgehead atoms. The van der Waals surface area contributed by atoms with Gasteiger partial charge in [0.05, 0.1) is 18.5 Å². The molecule has 0 heterocycles. The molecule has 0 saturated heterocycles. The molecule has 0 aliphatic heterocycles. The van der Waals surface area contributed by atoms with E-state index in [1.54, 1.807) is 0 Å². The summed E-state index contributed by atoms with van der Waals surface area (Å²) >= 11 is 0. The molecule has 7 heteroatoms. The zero-order chi connectivity index (χ0) is 18.4. The maximum Gasteiger partial charge on any atom is 0.416 e. The molecule has 0 saturated carbocycles. The van der Waals surface area contributed by atoms with Crippen LogP contribution in [0.1, 0.15) is 16.7 Å². The van der Waals surface area contributed by atoms with Crippen molar-refractivity contribution in [3.63, 3.8) is 0 Å². The molecule has 0 unspecified atom stereocenters. The van der Waals surface area contributed by atoms with Crippen molar-refractivity contribution in [2.24, 2.45) is 0 Å². The van der Waals surface area contributed by atoms with Crippen LogP contribution in [0.4, 0.5) is 18.9 Å². The SMILES string of the molecule is Cc1cccc(CC(=O)NCC(=O)Nc2ccc(C(F)(F)F)cc2)c1. The van der Waals surface area contributed by atoms with E-state index in [9.17, 15) is 22.8 Å². The average Bonchev–Trinajstić information content (AvgIpc) is 2.53. The second kappa shape index (κ2) is 7.83. The van der Waals surface area contributed by atoms with E-state index in [-0.39, 0.29) is 24.6 Å². The number of amides is 2. The summed E-state index contributed by atoms with van der Waals surface area (Å²) in [5.74, 6) is -0.828. The van der Waals surface area contributed by atoms with E-state index in [1.165, 1.54) is 0 Å². The monoisotopic (exact) mass is 350 g/mol. The molecule has 0 aliphatic rings. The molecule has 2 N–H and O–H groups in total. The molecule has 2 aromatic rings. The van der Waals surface area contributed by atoms with Crippen LogP contribution in [-0.4, -0.2) is 18.4 Å². The Kier molecular flexibility index (Phi) is 5.80. The molecule has 0 fully saturated rings. The molecule has 0 spiro atoms. The van der Waals surface area contributed by atoms with Gasteiger partial charge >= 0.3 is 6.18 Å². The first-order valence-corrected chi connectivity index (χ1v) is 7.53. The Labute approximate surface area is 143 Å². The van der Waals surface area contributed by atoms with Crippen molar-refractivity contribution in [1.82, 2.24) is 5.32 Å². The van der Waals surface area contributed by atoms with E-state index in [4.69, 9.17) is 0 Å². The van der Waals surface area contributed by atoms with Crippen molar-refractivity contribution in [2.75, 3.05) is 11.9 Å². The molecule has 4 nitrogen and oxygen atoms in total. The topological polar surface area (TPSA) is 58.2 Å². The highest BCUT2D eigenvalue weighted by Gasteiger charge is 2.29. The van der Waals surface area contributed by atoms with Gasteiger partial charge in [0, 0.05) is 5.69 Å². The smallest absolute Gasteiger partial charge is 0.347 e. The molecule has 132 valence electrons. The third-order valence-corrected chi connectivity index (χ3v) is 3.39. The summed E-state index contributed by atoms with van der Waals surface area (Å²) in [5, 5.41) is 4.90. The van der Waals surface area contributed by atoms with E-state index >= 15 is 0 Å². The van der Waals surface area contributed by atoms with E-state index in [1.807, 2.05) is 31.2 Å². The van der Waals surface area contributed by atoms with Crippen LogP contribution in [0.5, 0.6) is 0 Å². The van der Waals surface area contributed by atoms with Crippen LogP contribution < -0.4 is 10.6 Å². The lowest BCUT2D eigenvalue weighted by molar-refractivity contribution is -0.137. The molecule has 0 atom stereocenters. The second-order valence-electron chi connectivity index (χ2n) is 5.57. The Bertz CT molecular complexity index is 756. The first-order chi connectivity index (χ1) is 11.7. The lowest BCUT2D eigenvalue weighted by Crippen LogP contribution is -2.33. The van der Waals surface area contributed by atoms with Gasteiger partial charge in [-0.25, -0.2) is 0 Å². The number of hydrogen-bond donors (Lipinski definition) is 2. The Morgan fingerprint density at radius 1 is 1.00 bits per heavy atom. The van der Waals surface area contributed by atoms with Crippen molar-refractivity contribution in [3.05, 3.63) is 65.2 Å². The van der Waals surface area contributed by atoms with Gasteiger partial charge in [-0.2, -0.15) is 13.2 Å². The lowest BCUT2D eigenvalue weighted by atomic mass is 10.1. The maximum absolute atomic E-state index is 12.5. The van der Waals surface area contributed by atoms with E-state index in [0.717, 1.165) is 35.4 Å². The van der Waals surface area contributed by atoms with E-state index in [0.29, 0.717) is 0 Å². The summed E-state index contributed by atoms with van der Waals surface area (Å²) in [6, 6.07) is 11.5. The lowest BCUT2D eigenvalue weighted by Gasteiger charge is -2.09. The molecule has 0 radical (unpaired) electrons. The molecule has 2 rings (SSSR count). The fraction of sp³-hybridized carbons (Fsp3) is 0.222. The summed E-state index contributed by atoms with van der Waals surface area (Å²) in [6.45, 7) is 1.66. The van der Waals surface area contributed by atoms with Crippen LogP contribution >= 0.6 is 0 Å². The summed E-state index contributed by atoms with van der Waals surface area (Å²) in [6.07, 6.45) is -4.28. The average molecular weight is 350 g/mol. The summed E-state index contributed by atoms with van der Waals surface area (Å²) in [5.41, 5.74) is 1.30. The third kappa shape index (κ3) is 5.95. The van der Waals surface area contributed by atoms with Crippen LogP contribution in [-0.2, 0) is 22.2 Å². The van der Waals surface area contributed by atoms with Gasteiger partial charge in [0.1, 0.15) is 0 Å². The zero-order valence-electron chi connectivity index (χ0n) is 13.5. The van der Waals surface area contributed by atoms with Crippen molar-refractivity contribution >= 4 is 17.5 Å². The number of anilines is 1. The normalized spacial score (nSPS) is 11.0. The Balaban J connectivity index is 1.81. The predicted octanol–water partition coefficient (Wildman–Crippen LogP) is 3.31. The van der Waals surface area contributed by atoms with Gasteiger partial charge in [-0.1, -0.05) is 29.8 Å². The summed E-state index contributed by atoms with van der Waals surface area (Å²) < 4.78 is 37.4. The number of nitrogens with one attached hydrogen (secondary N) is 2. The Morgan fingerprint density at radius 2 is 1.68 bits per heavy atom. The molecule has 0 aromatic heterocycles. The summed E-state index contributed by atoms with van der Waals surface area (Å²) in [7, 11) is 0. The number of rotatable bonds is 5. The Morgan fingerprint density at radius 3 is 2.28 bits per heavy atom. The first kappa shape index (κ1) is 18.5. The molecular formula is C18H17F3N2O2. The van der Waals surface area contributed by atoms with Gasteiger partial charge in [-0.3, -0.25) is 9.59 Å². The molecule has 0 aliphatic carbocycles. The fourth-order valence-corrected chi connectivity index (χ4v) is 2.20. The third-order valence-electron chi connectivity index (χ3n) is 3.39. The van der Waals surface area contributed by atoms with Gasteiger partial charge in [0.25, 0.3) is 0 Å². The number of aryl methyl sites for hydroxylation is 1. The minimum absolute atomic E-state index is 0.148. The zero-order valence-corrected chi connectivity index (χ0v) is 13.5. The number of halogens is 3. The number of carbonyl (C=O) groups is 2. The number of hydrogen-bond acceptors (Lipinski definition) is 2. The van der Waals surface area contributed by atoms with Gasteiger partial charge in [-0.15, -0.1) is 0 Å². The van der Waals surface area contributed by atoms with E-state index in [2.05, 4.69) is 10.6 Å². The largest absolute Gasteiger partial charge is 0.416 e. The van der Waals surface area contributed by atoms with E-state index < -0.39 is 17.6 Å². The highest BCUT2D eigenvalue weighted by Crippen LogP contribution is 2.29. The van der Waals surface area contributed by atoms with Crippen LogP contribution in [0, 0.1) is 6.92 Å². The minimum Gasteiger partial charge on any atom is -0.347 e. The molecule has 2 amide bonds. The summed E-state index contributed by atoms with van der Waals surface area (Å²) in [4.78, 5) is 23.6. The standard InChI is InChI=1S/C18H17F3N2O2/c1-12-3-2-4-13(9-12)10-16(24)22-11-17(25)23-15-7-5-14(6-8-15)18(19,20)21/h2-9H,10-11H2,1H3,(H,22,24)(H,23,25). The van der Waals surface area contributed by atoms with Gasteiger partial charge in [0.15, 0.2) is 0 Å². The first-order valence-electron chi connectivity index (χ1n) is 7.53. The minimum atomic E-state index is -4.42. The number of alkyl halides is 3. The Hall–Kier alpha value is -2.83. The number of carbonyl (C=O) groups excluding carboxylic acids is 2. The predicted molar refractivity (Wildman–Crippen MR) is 88.0 cm³/mol.